The highest BCUT2D eigenvalue weighted by Gasteiger charge is 2.47. The molecule has 0 bridgehead atoms. The second-order valence-electron chi connectivity index (χ2n) is 5.69. The predicted molar refractivity (Wildman–Crippen MR) is 64.7 cm³/mol. The van der Waals surface area contributed by atoms with Crippen molar-refractivity contribution in [1.82, 2.24) is 0 Å². The molecule has 0 radical (unpaired) electrons. The summed E-state index contributed by atoms with van der Waals surface area (Å²) in [4.78, 5) is 23.4. The molecular formula is C14H22O3. The first-order valence-electron chi connectivity index (χ1n) is 6.90. The molecule has 0 spiro atoms. The van der Waals surface area contributed by atoms with Crippen molar-refractivity contribution in [2.75, 3.05) is 0 Å². The van der Waals surface area contributed by atoms with E-state index in [1.165, 1.54) is 19.3 Å². The number of hydrogen-bond acceptors (Lipinski definition) is 2. The fraction of sp³-hybridized carbons (Fsp3) is 0.857. The summed E-state index contributed by atoms with van der Waals surface area (Å²) in [7, 11) is 0. The number of carboxylic acid groups (broad SMARTS) is 1. The van der Waals surface area contributed by atoms with E-state index in [9.17, 15) is 9.59 Å². The number of Topliss-reactive ketones (excluding diaryl/α,β-unsaturated/α-hetero) is 1. The fourth-order valence-corrected chi connectivity index (χ4v) is 3.80. The zero-order valence-corrected chi connectivity index (χ0v) is 10.4. The molecule has 2 rings (SSSR count). The lowest BCUT2D eigenvalue weighted by molar-refractivity contribution is -0.150. The molecule has 1 N–H and O–H groups in total. The Balaban J connectivity index is 2.20. The van der Waals surface area contributed by atoms with Crippen LogP contribution in [0.2, 0.25) is 0 Å². The fourth-order valence-electron chi connectivity index (χ4n) is 3.80. The van der Waals surface area contributed by atoms with Crippen LogP contribution in [0.25, 0.3) is 0 Å². The Morgan fingerprint density at radius 2 is 1.88 bits per heavy atom. The molecule has 0 saturated heterocycles. The minimum Gasteiger partial charge on any atom is -0.481 e. The van der Waals surface area contributed by atoms with Crippen LogP contribution in [0.1, 0.15) is 64.2 Å². The van der Waals surface area contributed by atoms with Crippen molar-refractivity contribution in [3.63, 3.8) is 0 Å². The first-order chi connectivity index (χ1) is 8.15. The molecule has 0 aromatic carbocycles. The number of carboxylic acids is 1. The Morgan fingerprint density at radius 1 is 1.18 bits per heavy atom. The van der Waals surface area contributed by atoms with E-state index >= 15 is 0 Å². The number of carbonyl (C=O) groups is 2. The van der Waals surface area contributed by atoms with E-state index in [4.69, 9.17) is 5.11 Å². The van der Waals surface area contributed by atoms with Gasteiger partial charge in [0.2, 0.25) is 0 Å². The zero-order valence-electron chi connectivity index (χ0n) is 10.4. The largest absolute Gasteiger partial charge is 0.481 e. The monoisotopic (exact) mass is 238 g/mol. The number of aliphatic carboxylic acids is 1. The standard InChI is InChI=1S/C14H22O3/c15-12-8-4-5-9-14(12,10-13(16)17)11-6-2-1-3-7-11/h11H,1-10H2,(H,16,17)/t14-/m0/s1. The molecule has 2 fully saturated rings. The van der Waals surface area contributed by atoms with Gasteiger partial charge in [-0.05, 0) is 31.6 Å². The molecule has 0 aromatic rings. The molecule has 0 heterocycles. The summed E-state index contributed by atoms with van der Waals surface area (Å²) >= 11 is 0. The van der Waals surface area contributed by atoms with Crippen LogP contribution >= 0.6 is 0 Å². The lowest BCUT2D eigenvalue weighted by atomic mass is 9.59. The van der Waals surface area contributed by atoms with Crippen molar-refractivity contribution in [2.24, 2.45) is 11.3 Å². The van der Waals surface area contributed by atoms with Gasteiger partial charge < -0.3 is 5.11 Å². The van der Waals surface area contributed by atoms with E-state index in [0.29, 0.717) is 12.3 Å². The summed E-state index contributed by atoms with van der Waals surface area (Å²) in [6.07, 6.45) is 9.13. The molecule has 2 aliphatic rings. The first-order valence-corrected chi connectivity index (χ1v) is 6.90. The summed E-state index contributed by atoms with van der Waals surface area (Å²) in [5.41, 5.74) is -0.509. The molecule has 2 saturated carbocycles. The minimum absolute atomic E-state index is 0.0660. The highest BCUT2D eigenvalue weighted by atomic mass is 16.4. The Kier molecular flexibility index (Phi) is 3.85. The third-order valence-electron chi connectivity index (χ3n) is 4.69. The van der Waals surface area contributed by atoms with E-state index < -0.39 is 11.4 Å². The van der Waals surface area contributed by atoms with E-state index in [1.54, 1.807) is 0 Å². The smallest absolute Gasteiger partial charge is 0.304 e. The summed E-state index contributed by atoms with van der Waals surface area (Å²) in [5.74, 6) is -0.232. The zero-order chi connectivity index (χ0) is 12.3. The second-order valence-corrected chi connectivity index (χ2v) is 5.69. The SMILES string of the molecule is O=C(O)C[C@]1(C2CCCCC2)CCCCC1=O. The van der Waals surface area contributed by atoms with E-state index in [-0.39, 0.29) is 12.2 Å². The third-order valence-corrected chi connectivity index (χ3v) is 4.69. The maximum absolute atomic E-state index is 12.3. The lowest BCUT2D eigenvalue weighted by Crippen LogP contribution is -2.43. The number of ketones is 1. The average molecular weight is 238 g/mol. The summed E-state index contributed by atoms with van der Waals surface area (Å²) in [6.45, 7) is 0. The number of hydrogen-bond donors (Lipinski definition) is 1. The minimum atomic E-state index is -0.800. The molecule has 3 nitrogen and oxygen atoms in total. The molecule has 17 heavy (non-hydrogen) atoms. The Morgan fingerprint density at radius 3 is 2.47 bits per heavy atom. The van der Waals surface area contributed by atoms with Gasteiger partial charge in [0.05, 0.1) is 6.42 Å². The summed E-state index contributed by atoms with van der Waals surface area (Å²) < 4.78 is 0. The van der Waals surface area contributed by atoms with Crippen LogP contribution in [0.5, 0.6) is 0 Å². The van der Waals surface area contributed by atoms with E-state index in [2.05, 4.69) is 0 Å². The van der Waals surface area contributed by atoms with Gasteiger partial charge in [-0.15, -0.1) is 0 Å². The third kappa shape index (κ3) is 2.53. The van der Waals surface area contributed by atoms with Gasteiger partial charge in [0.15, 0.2) is 0 Å². The van der Waals surface area contributed by atoms with Gasteiger partial charge in [-0.3, -0.25) is 9.59 Å². The molecule has 0 unspecified atom stereocenters. The van der Waals surface area contributed by atoms with Gasteiger partial charge in [0.1, 0.15) is 5.78 Å². The predicted octanol–water partition coefficient (Wildman–Crippen LogP) is 3.17. The molecule has 0 aromatic heterocycles. The average Bonchev–Trinajstić information content (AvgIpc) is 2.33. The molecule has 1 atom stereocenters. The number of rotatable bonds is 3. The maximum atomic E-state index is 12.3. The van der Waals surface area contributed by atoms with Gasteiger partial charge in [-0.2, -0.15) is 0 Å². The molecule has 96 valence electrons. The number of carbonyl (C=O) groups excluding carboxylic acids is 1. The van der Waals surface area contributed by atoms with Crippen LogP contribution < -0.4 is 0 Å². The van der Waals surface area contributed by atoms with Gasteiger partial charge in [0, 0.05) is 11.8 Å². The first kappa shape index (κ1) is 12.6. The maximum Gasteiger partial charge on any atom is 0.304 e. The van der Waals surface area contributed by atoms with E-state index in [0.717, 1.165) is 32.1 Å². The van der Waals surface area contributed by atoms with Crippen LogP contribution in [-0.4, -0.2) is 16.9 Å². The molecule has 2 aliphatic carbocycles. The normalized spacial score (nSPS) is 31.4. The van der Waals surface area contributed by atoms with E-state index in [1.807, 2.05) is 0 Å². The summed E-state index contributed by atoms with van der Waals surface area (Å²) in [6, 6.07) is 0. The van der Waals surface area contributed by atoms with Crippen LogP contribution in [0, 0.1) is 11.3 Å². The van der Waals surface area contributed by atoms with Crippen LogP contribution in [0.3, 0.4) is 0 Å². The summed E-state index contributed by atoms with van der Waals surface area (Å²) in [5, 5.41) is 9.13. The highest BCUT2D eigenvalue weighted by Crippen LogP contribution is 2.48. The Labute approximate surface area is 103 Å². The van der Waals surface area contributed by atoms with Crippen molar-refractivity contribution in [3.05, 3.63) is 0 Å². The molecule has 0 amide bonds. The Bertz CT molecular complexity index is 305. The van der Waals surface area contributed by atoms with Gasteiger partial charge in [-0.25, -0.2) is 0 Å². The highest BCUT2D eigenvalue weighted by molar-refractivity contribution is 5.89. The van der Waals surface area contributed by atoms with Crippen molar-refractivity contribution in [2.45, 2.75) is 64.2 Å². The lowest BCUT2D eigenvalue weighted by Gasteiger charge is -2.43. The van der Waals surface area contributed by atoms with Crippen molar-refractivity contribution in [1.29, 1.82) is 0 Å². The van der Waals surface area contributed by atoms with Crippen molar-refractivity contribution < 1.29 is 14.7 Å². The molecule has 0 aliphatic heterocycles. The second kappa shape index (κ2) is 5.19. The van der Waals surface area contributed by atoms with Crippen molar-refractivity contribution in [3.8, 4) is 0 Å². The van der Waals surface area contributed by atoms with Gasteiger partial charge in [-0.1, -0.05) is 25.7 Å². The van der Waals surface area contributed by atoms with Crippen LogP contribution in [-0.2, 0) is 9.59 Å². The topological polar surface area (TPSA) is 54.4 Å². The van der Waals surface area contributed by atoms with Crippen LogP contribution in [0.4, 0.5) is 0 Å². The molecular weight excluding hydrogens is 216 g/mol. The van der Waals surface area contributed by atoms with Crippen LogP contribution in [0.15, 0.2) is 0 Å². The van der Waals surface area contributed by atoms with Crippen molar-refractivity contribution >= 4 is 11.8 Å². The molecule has 3 heteroatoms. The van der Waals surface area contributed by atoms with Gasteiger partial charge in [0.25, 0.3) is 0 Å². The van der Waals surface area contributed by atoms with Gasteiger partial charge >= 0.3 is 5.97 Å². The Hall–Kier alpha value is -0.860. The quantitative estimate of drug-likeness (QED) is 0.821.